The molecule has 154 valence electrons. The fraction of sp³-hybridized carbons (Fsp3) is 0.273. The molecule has 0 atom stereocenters. The molecule has 0 spiro atoms. The van der Waals surface area contributed by atoms with Gasteiger partial charge in [-0.2, -0.15) is 13.2 Å². The van der Waals surface area contributed by atoms with E-state index in [2.05, 4.69) is 9.88 Å². The molecule has 2 aromatic carbocycles. The van der Waals surface area contributed by atoms with Crippen LogP contribution in [0.3, 0.4) is 0 Å². The van der Waals surface area contributed by atoms with Crippen LogP contribution >= 0.6 is 0 Å². The van der Waals surface area contributed by atoms with Gasteiger partial charge in [-0.15, -0.1) is 0 Å². The van der Waals surface area contributed by atoms with Gasteiger partial charge in [-0.1, -0.05) is 24.3 Å². The maximum Gasteiger partial charge on any atom is 0.449 e. The molecule has 30 heavy (non-hydrogen) atoms. The van der Waals surface area contributed by atoms with Crippen LogP contribution in [-0.4, -0.2) is 27.5 Å². The van der Waals surface area contributed by atoms with Crippen LogP contribution in [0, 0.1) is 0 Å². The van der Waals surface area contributed by atoms with Gasteiger partial charge in [0.15, 0.2) is 11.0 Å². The summed E-state index contributed by atoms with van der Waals surface area (Å²) in [5, 5.41) is 0.220. The fourth-order valence-electron chi connectivity index (χ4n) is 3.87. The molecule has 1 aliphatic heterocycles. The molecule has 1 fully saturated rings. The predicted molar refractivity (Wildman–Crippen MR) is 107 cm³/mol. The topological polar surface area (TPSA) is 51.3 Å². The van der Waals surface area contributed by atoms with Crippen LogP contribution in [0.15, 0.2) is 51.7 Å². The fourth-order valence-corrected chi connectivity index (χ4v) is 3.87. The van der Waals surface area contributed by atoms with Gasteiger partial charge in [0.25, 0.3) is 0 Å². The number of hydrogen-bond acceptors (Lipinski definition) is 4. The first-order chi connectivity index (χ1) is 14.3. The highest BCUT2D eigenvalue weighted by atomic mass is 19.4. The van der Waals surface area contributed by atoms with Gasteiger partial charge < -0.3 is 8.98 Å². The first-order valence-corrected chi connectivity index (χ1v) is 9.63. The molecule has 5 nitrogen and oxygen atoms in total. The number of likely N-dealkylation sites (tertiary alicyclic amines) is 1. The van der Waals surface area contributed by atoms with Gasteiger partial charge in [-0.05, 0) is 37.2 Å². The highest BCUT2D eigenvalue weighted by molar-refractivity contribution is 6.01. The Bertz CT molecular complexity index is 1320. The lowest BCUT2D eigenvalue weighted by Crippen LogP contribution is -2.36. The second-order valence-corrected chi connectivity index (χ2v) is 7.60. The van der Waals surface area contributed by atoms with E-state index in [1.165, 1.54) is 31.7 Å². The zero-order chi connectivity index (χ0) is 21.0. The lowest BCUT2D eigenvalue weighted by atomic mass is 10.1. The van der Waals surface area contributed by atoms with Crippen LogP contribution in [0.4, 0.5) is 13.2 Å². The zero-order valence-corrected chi connectivity index (χ0v) is 16.2. The van der Waals surface area contributed by atoms with Gasteiger partial charge in [0, 0.05) is 25.2 Å². The van der Waals surface area contributed by atoms with Crippen molar-refractivity contribution in [2.45, 2.75) is 19.1 Å². The third-order valence-electron chi connectivity index (χ3n) is 5.58. The highest BCUT2D eigenvalue weighted by Gasteiger charge is 2.37. The molecular weight excluding hydrogens is 395 g/mol. The van der Waals surface area contributed by atoms with E-state index in [9.17, 15) is 18.0 Å². The van der Waals surface area contributed by atoms with Crippen molar-refractivity contribution in [1.82, 2.24) is 14.5 Å². The lowest BCUT2D eigenvalue weighted by Gasteiger charge is -2.30. The number of halogens is 3. The molecule has 0 saturated carbocycles. The number of rotatable bonds is 3. The average Bonchev–Trinajstić information content (AvgIpc) is 3.02. The smallest absolute Gasteiger partial charge is 0.449 e. The first kappa shape index (κ1) is 18.9. The second kappa shape index (κ2) is 6.70. The number of imidazole rings is 1. The Kier molecular flexibility index (Phi) is 4.21. The summed E-state index contributed by atoms with van der Waals surface area (Å²) < 4.78 is 46.8. The van der Waals surface area contributed by atoms with Crippen molar-refractivity contribution in [3.8, 4) is 11.3 Å². The zero-order valence-electron chi connectivity index (χ0n) is 16.2. The monoisotopic (exact) mass is 413 g/mol. The van der Waals surface area contributed by atoms with Crippen LogP contribution in [0.2, 0.25) is 0 Å². The average molecular weight is 413 g/mol. The Morgan fingerprint density at radius 3 is 2.47 bits per heavy atom. The van der Waals surface area contributed by atoms with Gasteiger partial charge in [0.1, 0.15) is 11.3 Å². The molecule has 5 rings (SSSR count). The van der Waals surface area contributed by atoms with Crippen LogP contribution in [0.1, 0.15) is 17.8 Å². The van der Waals surface area contributed by atoms with E-state index in [-0.39, 0.29) is 27.4 Å². The lowest BCUT2D eigenvalue weighted by molar-refractivity contribution is -0.146. The summed E-state index contributed by atoms with van der Waals surface area (Å²) in [7, 11) is 1.27. The first-order valence-electron chi connectivity index (χ1n) is 9.63. The van der Waals surface area contributed by atoms with Crippen LogP contribution in [-0.2, 0) is 19.8 Å². The molecule has 1 aliphatic rings. The number of aromatic nitrogens is 2. The van der Waals surface area contributed by atoms with Gasteiger partial charge in [-0.3, -0.25) is 9.69 Å². The molecule has 8 heteroatoms. The normalized spacial score (nSPS) is 15.1. The molecule has 3 heterocycles. The minimum Gasteiger partial charge on any atom is -0.454 e. The van der Waals surface area contributed by atoms with Crippen molar-refractivity contribution >= 4 is 22.0 Å². The molecule has 0 unspecified atom stereocenters. The van der Waals surface area contributed by atoms with Crippen molar-refractivity contribution < 1.29 is 17.6 Å². The molecule has 4 aromatic rings. The van der Waals surface area contributed by atoms with Crippen LogP contribution < -0.4 is 5.43 Å². The Morgan fingerprint density at radius 1 is 1.10 bits per heavy atom. The number of alkyl halides is 3. The quantitative estimate of drug-likeness (QED) is 0.494. The Morgan fingerprint density at radius 2 is 1.83 bits per heavy atom. The second-order valence-electron chi connectivity index (χ2n) is 7.60. The molecule has 0 aliphatic carbocycles. The molecule has 0 radical (unpaired) electrons. The number of benzene rings is 2. The van der Waals surface area contributed by atoms with Gasteiger partial charge in [-0.25, -0.2) is 4.98 Å². The third kappa shape index (κ3) is 3.08. The summed E-state index contributed by atoms with van der Waals surface area (Å²) in [5.41, 5.74) is 1.91. The predicted octanol–water partition coefficient (Wildman–Crippen LogP) is 4.57. The molecule has 0 N–H and O–H groups in total. The van der Waals surface area contributed by atoms with E-state index in [0.717, 1.165) is 29.8 Å². The van der Waals surface area contributed by atoms with Crippen molar-refractivity contribution in [1.29, 1.82) is 0 Å². The van der Waals surface area contributed by atoms with E-state index in [1.807, 2.05) is 24.3 Å². The molecular formula is C22H18F3N3O2. The van der Waals surface area contributed by atoms with E-state index in [1.54, 1.807) is 0 Å². The van der Waals surface area contributed by atoms with Crippen molar-refractivity contribution in [3.05, 3.63) is 64.1 Å². The summed E-state index contributed by atoms with van der Waals surface area (Å²) in [5.74, 6) is -0.723. The highest BCUT2D eigenvalue weighted by Crippen LogP contribution is 2.34. The van der Waals surface area contributed by atoms with Crippen molar-refractivity contribution in [2.75, 3.05) is 13.1 Å². The molecule has 0 bridgehead atoms. The minimum absolute atomic E-state index is 0.102. The SMILES string of the molecule is Cn1c(C(F)(F)F)nc2ccc3c(=O)cc(-c4ccc(CN5CCC5)cc4)oc3c21. The summed E-state index contributed by atoms with van der Waals surface area (Å²) >= 11 is 0. The Balaban J connectivity index is 1.64. The Labute approximate surface area is 169 Å². The molecule has 2 aromatic heterocycles. The number of nitrogens with zero attached hydrogens (tertiary/aromatic N) is 3. The van der Waals surface area contributed by atoms with E-state index in [0.29, 0.717) is 11.3 Å². The van der Waals surface area contributed by atoms with E-state index < -0.39 is 12.0 Å². The summed E-state index contributed by atoms with van der Waals surface area (Å²) in [4.78, 5) is 18.7. The Hall–Kier alpha value is -3.13. The van der Waals surface area contributed by atoms with Crippen molar-refractivity contribution in [3.63, 3.8) is 0 Å². The largest absolute Gasteiger partial charge is 0.454 e. The van der Waals surface area contributed by atoms with Crippen molar-refractivity contribution in [2.24, 2.45) is 7.05 Å². The number of hydrogen-bond donors (Lipinski definition) is 0. The van der Waals surface area contributed by atoms with Crippen LogP contribution in [0.5, 0.6) is 0 Å². The minimum atomic E-state index is -4.61. The van der Waals surface area contributed by atoms with E-state index in [4.69, 9.17) is 4.42 Å². The summed E-state index contributed by atoms with van der Waals surface area (Å²) in [6.45, 7) is 3.07. The molecule has 1 saturated heterocycles. The number of fused-ring (bicyclic) bond motifs is 3. The van der Waals surface area contributed by atoms with Gasteiger partial charge >= 0.3 is 6.18 Å². The van der Waals surface area contributed by atoms with Gasteiger partial charge in [0.05, 0.1) is 10.9 Å². The third-order valence-corrected chi connectivity index (χ3v) is 5.58. The number of aryl methyl sites for hydroxylation is 1. The van der Waals surface area contributed by atoms with E-state index >= 15 is 0 Å². The maximum atomic E-state index is 13.3. The van der Waals surface area contributed by atoms with Crippen LogP contribution in [0.25, 0.3) is 33.3 Å². The summed E-state index contributed by atoms with van der Waals surface area (Å²) in [6, 6.07) is 11.9. The summed E-state index contributed by atoms with van der Waals surface area (Å²) in [6.07, 6.45) is -3.39. The molecule has 0 amide bonds. The standard InChI is InChI=1S/C22H18F3N3O2/c1-27-19-16(26-21(27)22(23,24)25)8-7-15-17(29)11-18(30-20(15)19)14-5-3-13(4-6-14)12-28-9-2-10-28/h3-8,11H,2,9-10,12H2,1H3. The maximum absolute atomic E-state index is 13.3. The van der Waals surface area contributed by atoms with Gasteiger partial charge in [0.2, 0.25) is 5.82 Å².